The highest BCUT2D eigenvalue weighted by atomic mass is 79.9. The first-order valence-corrected chi connectivity index (χ1v) is 11.0. The zero-order chi connectivity index (χ0) is 21.7. The summed E-state index contributed by atoms with van der Waals surface area (Å²) in [6.45, 7) is 4.40. The molecule has 1 aromatic carbocycles. The van der Waals surface area contributed by atoms with Crippen LogP contribution in [0.1, 0.15) is 35.1 Å². The van der Waals surface area contributed by atoms with Crippen molar-refractivity contribution in [2.75, 3.05) is 26.1 Å². The van der Waals surface area contributed by atoms with E-state index in [9.17, 15) is 4.79 Å². The minimum absolute atomic E-state index is 0.0654. The lowest BCUT2D eigenvalue weighted by Crippen LogP contribution is -2.24. The number of aromatic nitrogens is 2. The average molecular weight is 491 g/mol. The molecule has 0 aliphatic heterocycles. The van der Waals surface area contributed by atoms with Crippen molar-refractivity contribution in [1.29, 1.82) is 0 Å². The Morgan fingerprint density at radius 2 is 2.00 bits per heavy atom. The standard InChI is InChI=1S/C21H23BrN4O3S/c1-5-29-17-11-18(30-20(17)21(27)26(3)28-4)16-10-19(24-12-23-16)25-13(2)14-6-8-15(22)9-7-14/h6-13H,5H2,1-4H3,(H,23,24,25). The monoisotopic (exact) mass is 490 g/mol. The predicted octanol–water partition coefficient (Wildman–Crippen LogP) is 5.17. The van der Waals surface area contributed by atoms with Gasteiger partial charge < -0.3 is 10.1 Å². The van der Waals surface area contributed by atoms with Gasteiger partial charge in [-0.2, -0.15) is 0 Å². The smallest absolute Gasteiger partial charge is 0.291 e. The van der Waals surface area contributed by atoms with Crippen LogP contribution in [0.2, 0.25) is 0 Å². The third-order valence-electron chi connectivity index (χ3n) is 4.41. The van der Waals surface area contributed by atoms with E-state index in [0.29, 0.717) is 28.7 Å². The van der Waals surface area contributed by atoms with Gasteiger partial charge in [-0.15, -0.1) is 11.3 Å². The van der Waals surface area contributed by atoms with E-state index in [-0.39, 0.29) is 11.9 Å². The molecule has 1 atom stereocenters. The number of carbonyl (C=O) groups excluding carboxylic acids is 1. The fraction of sp³-hybridized carbons (Fsp3) is 0.286. The van der Waals surface area contributed by atoms with Gasteiger partial charge in [0, 0.05) is 29.7 Å². The summed E-state index contributed by atoms with van der Waals surface area (Å²) < 4.78 is 6.70. The number of amides is 1. The summed E-state index contributed by atoms with van der Waals surface area (Å²) in [5.41, 5.74) is 1.85. The average Bonchev–Trinajstić information content (AvgIpc) is 3.17. The second-order valence-corrected chi connectivity index (χ2v) is 8.40. The first-order chi connectivity index (χ1) is 14.4. The highest BCUT2D eigenvalue weighted by Gasteiger charge is 2.22. The molecular formula is C21H23BrN4O3S. The Morgan fingerprint density at radius 1 is 1.27 bits per heavy atom. The number of halogens is 1. The largest absolute Gasteiger partial charge is 0.492 e. The number of rotatable bonds is 8. The highest BCUT2D eigenvalue weighted by molar-refractivity contribution is 9.10. The molecular weight excluding hydrogens is 468 g/mol. The molecule has 1 N–H and O–H groups in total. The highest BCUT2D eigenvalue weighted by Crippen LogP contribution is 2.37. The number of thiophene rings is 1. The molecule has 30 heavy (non-hydrogen) atoms. The van der Waals surface area contributed by atoms with Crippen molar-refractivity contribution in [3.63, 3.8) is 0 Å². The maximum atomic E-state index is 12.6. The Hall–Kier alpha value is -2.49. The van der Waals surface area contributed by atoms with E-state index in [1.807, 2.05) is 31.2 Å². The van der Waals surface area contributed by atoms with E-state index >= 15 is 0 Å². The van der Waals surface area contributed by atoms with Crippen LogP contribution >= 0.6 is 27.3 Å². The number of hydrogen-bond donors (Lipinski definition) is 1. The lowest BCUT2D eigenvalue weighted by atomic mass is 10.1. The summed E-state index contributed by atoms with van der Waals surface area (Å²) in [7, 11) is 3.01. The number of benzene rings is 1. The maximum absolute atomic E-state index is 12.6. The first-order valence-electron chi connectivity index (χ1n) is 9.36. The van der Waals surface area contributed by atoms with E-state index in [1.165, 1.54) is 29.8 Å². The normalized spacial score (nSPS) is 11.8. The van der Waals surface area contributed by atoms with Crippen LogP contribution in [-0.4, -0.2) is 41.7 Å². The Morgan fingerprint density at radius 3 is 2.67 bits per heavy atom. The van der Waals surface area contributed by atoms with E-state index in [4.69, 9.17) is 9.57 Å². The van der Waals surface area contributed by atoms with E-state index < -0.39 is 0 Å². The lowest BCUT2D eigenvalue weighted by Gasteiger charge is -2.15. The number of hydrogen-bond acceptors (Lipinski definition) is 7. The molecule has 0 spiro atoms. The summed E-state index contributed by atoms with van der Waals surface area (Å²) in [6.07, 6.45) is 1.51. The molecule has 1 amide bonds. The first kappa shape index (κ1) is 22.2. The quantitative estimate of drug-likeness (QED) is 0.438. The molecule has 0 saturated heterocycles. The van der Waals surface area contributed by atoms with Crippen LogP contribution in [0.15, 0.2) is 47.2 Å². The van der Waals surface area contributed by atoms with Gasteiger partial charge in [-0.3, -0.25) is 9.63 Å². The molecule has 3 rings (SSSR count). The SMILES string of the molecule is CCOc1cc(-c2cc(NC(C)c3ccc(Br)cc3)ncn2)sc1C(=O)N(C)OC. The fourth-order valence-corrected chi connectivity index (χ4v) is 4.07. The van der Waals surface area contributed by atoms with Crippen molar-refractivity contribution in [2.24, 2.45) is 0 Å². The van der Waals surface area contributed by atoms with Crippen molar-refractivity contribution in [3.8, 4) is 16.3 Å². The number of anilines is 1. The molecule has 158 valence electrons. The number of hydroxylamine groups is 2. The van der Waals surface area contributed by atoms with Gasteiger partial charge >= 0.3 is 0 Å². The summed E-state index contributed by atoms with van der Waals surface area (Å²) in [4.78, 5) is 27.6. The third-order valence-corrected chi connectivity index (χ3v) is 6.06. The number of nitrogens with one attached hydrogen (secondary N) is 1. The molecule has 0 fully saturated rings. The molecule has 0 bridgehead atoms. The summed E-state index contributed by atoms with van der Waals surface area (Å²) in [5.74, 6) is 0.944. The minimum Gasteiger partial charge on any atom is -0.492 e. The molecule has 9 heteroatoms. The molecule has 0 radical (unpaired) electrons. The minimum atomic E-state index is -0.270. The van der Waals surface area contributed by atoms with Crippen LogP contribution < -0.4 is 10.1 Å². The van der Waals surface area contributed by atoms with Crippen molar-refractivity contribution < 1.29 is 14.4 Å². The molecule has 0 aliphatic carbocycles. The molecule has 1 unspecified atom stereocenters. The number of nitrogens with zero attached hydrogens (tertiary/aromatic N) is 3. The van der Waals surface area contributed by atoms with Gasteiger partial charge in [-0.05, 0) is 31.5 Å². The maximum Gasteiger partial charge on any atom is 0.291 e. The predicted molar refractivity (Wildman–Crippen MR) is 122 cm³/mol. The van der Waals surface area contributed by atoms with Crippen molar-refractivity contribution in [3.05, 3.63) is 57.6 Å². The Kier molecular flexibility index (Phi) is 7.41. The second-order valence-electron chi connectivity index (χ2n) is 6.43. The molecule has 0 aliphatic rings. The number of carbonyl (C=O) groups is 1. The van der Waals surface area contributed by atoms with Crippen LogP contribution in [0, 0.1) is 0 Å². The molecule has 7 nitrogen and oxygen atoms in total. The summed E-state index contributed by atoms with van der Waals surface area (Å²) in [5, 5.41) is 4.57. The van der Waals surface area contributed by atoms with E-state index in [0.717, 1.165) is 14.9 Å². The van der Waals surface area contributed by atoms with Crippen LogP contribution in [0.5, 0.6) is 5.75 Å². The Labute approximate surface area is 188 Å². The number of ether oxygens (including phenoxy) is 1. The van der Waals surface area contributed by atoms with Crippen molar-refractivity contribution in [2.45, 2.75) is 19.9 Å². The van der Waals surface area contributed by atoms with Crippen LogP contribution in [0.3, 0.4) is 0 Å². The zero-order valence-corrected chi connectivity index (χ0v) is 19.6. The van der Waals surface area contributed by atoms with Crippen molar-refractivity contribution in [1.82, 2.24) is 15.0 Å². The molecule has 2 aromatic heterocycles. The molecule has 3 aromatic rings. The second kappa shape index (κ2) is 10.0. The summed E-state index contributed by atoms with van der Waals surface area (Å²) >= 11 is 4.76. The van der Waals surface area contributed by atoms with Crippen molar-refractivity contribution >= 4 is 39.0 Å². The van der Waals surface area contributed by atoms with Gasteiger partial charge in [-0.1, -0.05) is 28.1 Å². The van der Waals surface area contributed by atoms with E-state index in [1.54, 1.807) is 7.05 Å². The van der Waals surface area contributed by atoms with Gasteiger partial charge in [0.25, 0.3) is 5.91 Å². The Balaban J connectivity index is 1.86. The third kappa shape index (κ3) is 5.16. The van der Waals surface area contributed by atoms with Crippen LogP contribution in [0.4, 0.5) is 5.82 Å². The van der Waals surface area contributed by atoms with Gasteiger partial charge in [0.1, 0.15) is 22.8 Å². The Bertz CT molecular complexity index is 1010. The van der Waals surface area contributed by atoms with Gasteiger partial charge in [0.05, 0.1) is 24.3 Å². The van der Waals surface area contributed by atoms with Gasteiger partial charge in [0.15, 0.2) is 0 Å². The topological polar surface area (TPSA) is 76.6 Å². The van der Waals surface area contributed by atoms with Crippen LogP contribution in [0.25, 0.3) is 10.6 Å². The van der Waals surface area contributed by atoms with Gasteiger partial charge in [-0.25, -0.2) is 15.0 Å². The van der Waals surface area contributed by atoms with Crippen LogP contribution in [-0.2, 0) is 4.84 Å². The fourth-order valence-electron chi connectivity index (χ4n) is 2.77. The molecule has 0 saturated carbocycles. The lowest BCUT2D eigenvalue weighted by molar-refractivity contribution is -0.0755. The van der Waals surface area contributed by atoms with Gasteiger partial charge in [0.2, 0.25) is 0 Å². The summed E-state index contributed by atoms with van der Waals surface area (Å²) in [6, 6.07) is 11.9. The molecule has 2 heterocycles. The van der Waals surface area contributed by atoms with E-state index in [2.05, 4.69) is 50.3 Å². The zero-order valence-electron chi connectivity index (χ0n) is 17.2.